The molecule has 5 nitrogen and oxygen atoms in total. The largest absolute Gasteiger partial charge is 0.468 e. The molecule has 27 heavy (non-hydrogen) atoms. The minimum Gasteiger partial charge on any atom is -0.468 e. The van der Waals surface area contributed by atoms with Gasteiger partial charge in [0.1, 0.15) is 6.54 Å². The van der Waals surface area contributed by atoms with E-state index in [1.54, 1.807) is 11.1 Å². The van der Waals surface area contributed by atoms with Crippen LogP contribution < -0.4 is 0 Å². The third-order valence-electron chi connectivity index (χ3n) is 8.09. The van der Waals surface area contributed by atoms with Crippen LogP contribution in [0.1, 0.15) is 65.7 Å². The van der Waals surface area contributed by atoms with Gasteiger partial charge in [-0.3, -0.25) is 19.3 Å². The molecule has 0 radical (unpaired) electrons. The molecule has 0 aromatic heterocycles. The highest BCUT2D eigenvalue weighted by Crippen LogP contribution is 2.62. The molecule has 1 aliphatic heterocycles. The number of rotatable bonds is 2. The summed E-state index contributed by atoms with van der Waals surface area (Å²) < 4.78 is 4.68. The van der Waals surface area contributed by atoms with E-state index >= 15 is 0 Å². The van der Waals surface area contributed by atoms with E-state index in [9.17, 15) is 14.4 Å². The molecule has 1 saturated heterocycles. The van der Waals surface area contributed by atoms with Crippen LogP contribution in [-0.2, 0) is 19.1 Å². The number of likely N-dealkylation sites (tertiary alicyclic amines) is 1. The minimum absolute atomic E-state index is 0.0175. The van der Waals surface area contributed by atoms with E-state index in [1.165, 1.54) is 20.0 Å². The normalized spacial score (nSPS) is 37.6. The maximum Gasteiger partial charge on any atom is 0.325 e. The molecule has 0 aromatic rings. The zero-order chi connectivity index (χ0) is 19.6. The fourth-order valence-corrected chi connectivity index (χ4v) is 6.55. The molecule has 2 amide bonds. The van der Waals surface area contributed by atoms with Crippen molar-refractivity contribution in [3.8, 4) is 0 Å². The van der Waals surface area contributed by atoms with E-state index in [0.29, 0.717) is 5.92 Å². The number of allylic oxidation sites excluding steroid dienone is 2. The van der Waals surface area contributed by atoms with Crippen LogP contribution in [0.2, 0.25) is 0 Å². The molecular formula is C22H31NO4. The van der Waals surface area contributed by atoms with Crippen LogP contribution in [0.15, 0.2) is 11.1 Å². The van der Waals surface area contributed by atoms with Crippen molar-refractivity contribution in [2.45, 2.75) is 65.7 Å². The summed E-state index contributed by atoms with van der Waals surface area (Å²) in [6, 6.07) is 0. The Labute approximate surface area is 161 Å². The molecule has 3 aliphatic carbocycles. The lowest BCUT2D eigenvalue weighted by molar-refractivity contribution is -0.151. The van der Waals surface area contributed by atoms with Gasteiger partial charge in [0, 0.05) is 0 Å². The molecule has 1 heterocycles. The summed E-state index contributed by atoms with van der Waals surface area (Å²) in [5, 5.41) is 0. The number of ether oxygens (including phenoxy) is 1. The zero-order valence-corrected chi connectivity index (χ0v) is 17.0. The van der Waals surface area contributed by atoms with Crippen LogP contribution in [0.25, 0.3) is 0 Å². The van der Waals surface area contributed by atoms with Crippen molar-refractivity contribution in [1.82, 2.24) is 4.90 Å². The summed E-state index contributed by atoms with van der Waals surface area (Å²) in [5.41, 5.74) is 3.48. The number of methoxy groups -OCH3 is 1. The molecule has 4 rings (SSSR count). The molecular weight excluding hydrogens is 342 g/mol. The SMILES string of the molecule is COC(=O)CN1C(=O)C2CC3CCC4=C(CCCC4(C)C)C3(C)CC2C1=O. The molecule has 4 atom stereocenters. The number of hydrogen-bond acceptors (Lipinski definition) is 4. The van der Waals surface area contributed by atoms with Gasteiger partial charge < -0.3 is 4.74 Å². The summed E-state index contributed by atoms with van der Waals surface area (Å²) in [7, 11) is 1.29. The zero-order valence-electron chi connectivity index (χ0n) is 17.0. The maximum absolute atomic E-state index is 13.0. The molecule has 0 spiro atoms. The first-order valence-corrected chi connectivity index (χ1v) is 10.3. The highest BCUT2D eigenvalue weighted by Gasteiger charge is 2.58. The van der Waals surface area contributed by atoms with Gasteiger partial charge in [-0.05, 0) is 61.7 Å². The fourth-order valence-electron chi connectivity index (χ4n) is 6.55. The molecule has 0 aromatic carbocycles. The average Bonchev–Trinajstić information content (AvgIpc) is 2.83. The van der Waals surface area contributed by atoms with Gasteiger partial charge in [-0.25, -0.2) is 0 Å². The number of carbonyl (C=O) groups is 3. The van der Waals surface area contributed by atoms with Gasteiger partial charge in [0.05, 0.1) is 18.9 Å². The van der Waals surface area contributed by atoms with Crippen LogP contribution in [-0.4, -0.2) is 36.3 Å². The maximum atomic E-state index is 13.0. The molecule has 4 unspecified atom stereocenters. The van der Waals surface area contributed by atoms with Crippen molar-refractivity contribution < 1.29 is 19.1 Å². The Morgan fingerprint density at radius 2 is 1.81 bits per heavy atom. The number of amides is 2. The summed E-state index contributed by atoms with van der Waals surface area (Å²) in [6.45, 7) is 6.81. The second kappa shape index (κ2) is 6.18. The number of carbonyl (C=O) groups excluding carboxylic acids is 3. The quantitative estimate of drug-likeness (QED) is 0.422. The first-order chi connectivity index (χ1) is 12.7. The van der Waals surface area contributed by atoms with E-state index in [0.717, 1.165) is 37.0 Å². The van der Waals surface area contributed by atoms with Crippen LogP contribution in [0, 0.1) is 28.6 Å². The van der Waals surface area contributed by atoms with Crippen molar-refractivity contribution >= 4 is 17.8 Å². The number of hydrogen-bond donors (Lipinski definition) is 0. The van der Waals surface area contributed by atoms with Gasteiger partial charge >= 0.3 is 5.97 Å². The van der Waals surface area contributed by atoms with E-state index in [4.69, 9.17) is 0 Å². The van der Waals surface area contributed by atoms with Gasteiger partial charge in [0.25, 0.3) is 0 Å². The summed E-state index contributed by atoms with van der Waals surface area (Å²) in [4.78, 5) is 38.7. The summed E-state index contributed by atoms with van der Waals surface area (Å²) in [5.74, 6) is -0.933. The first-order valence-electron chi connectivity index (χ1n) is 10.3. The highest BCUT2D eigenvalue weighted by molar-refractivity contribution is 6.07. The highest BCUT2D eigenvalue weighted by atomic mass is 16.5. The lowest BCUT2D eigenvalue weighted by Crippen LogP contribution is -2.46. The van der Waals surface area contributed by atoms with Crippen molar-refractivity contribution in [2.75, 3.05) is 13.7 Å². The Hall–Kier alpha value is -1.65. The third kappa shape index (κ3) is 2.68. The van der Waals surface area contributed by atoms with E-state index in [2.05, 4.69) is 25.5 Å². The van der Waals surface area contributed by atoms with E-state index in [1.807, 2.05) is 0 Å². The van der Waals surface area contributed by atoms with Crippen LogP contribution in [0.5, 0.6) is 0 Å². The molecule has 0 bridgehead atoms. The standard InChI is InChI=1S/C22H31NO4/c1-21(2)9-5-6-17-16(21)8-7-13-10-14-15(11-22(13,17)3)20(26)23(19(14)25)12-18(24)27-4/h13-15H,5-12H2,1-4H3. The van der Waals surface area contributed by atoms with Gasteiger partial charge in [-0.1, -0.05) is 31.9 Å². The Morgan fingerprint density at radius 3 is 2.52 bits per heavy atom. The third-order valence-corrected chi connectivity index (χ3v) is 8.09. The lowest BCUT2D eigenvalue weighted by Gasteiger charge is -2.54. The van der Waals surface area contributed by atoms with Crippen molar-refractivity contribution in [3.63, 3.8) is 0 Å². The smallest absolute Gasteiger partial charge is 0.325 e. The molecule has 0 N–H and O–H groups in total. The van der Waals surface area contributed by atoms with Crippen LogP contribution in [0.3, 0.4) is 0 Å². The van der Waals surface area contributed by atoms with Gasteiger partial charge in [0.2, 0.25) is 11.8 Å². The van der Waals surface area contributed by atoms with Gasteiger partial charge in [-0.15, -0.1) is 0 Å². The second-order valence-electron chi connectivity index (χ2n) is 9.84. The van der Waals surface area contributed by atoms with E-state index < -0.39 is 5.97 Å². The van der Waals surface area contributed by atoms with Crippen molar-refractivity contribution in [1.29, 1.82) is 0 Å². The molecule has 148 valence electrons. The topological polar surface area (TPSA) is 63.7 Å². The van der Waals surface area contributed by atoms with E-state index in [-0.39, 0.29) is 41.0 Å². The summed E-state index contributed by atoms with van der Waals surface area (Å²) in [6.07, 6.45) is 7.36. The lowest BCUT2D eigenvalue weighted by atomic mass is 9.50. The monoisotopic (exact) mass is 373 g/mol. The molecule has 5 heteroatoms. The van der Waals surface area contributed by atoms with Crippen molar-refractivity contribution in [3.05, 3.63) is 11.1 Å². The Morgan fingerprint density at radius 1 is 1.11 bits per heavy atom. The number of nitrogens with zero attached hydrogens (tertiary/aromatic N) is 1. The Kier molecular flexibility index (Phi) is 4.28. The first kappa shape index (κ1) is 18.7. The second-order valence-corrected chi connectivity index (χ2v) is 9.84. The van der Waals surface area contributed by atoms with Crippen LogP contribution >= 0.6 is 0 Å². The Balaban J connectivity index is 1.66. The minimum atomic E-state index is -0.530. The fraction of sp³-hybridized carbons (Fsp3) is 0.773. The number of fused-ring (bicyclic) bond motifs is 3. The molecule has 2 fully saturated rings. The Bertz CT molecular complexity index is 737. The predicted octanol–water partition coefficient (Wildman–Crippen LogP) is 3.48. The predicted molar refractivity (Wildman–Crippen MR) is 100 cm³/mol. The van der Waals surface area contributed by atoms with Crippen molar-refractivity contribution in [2.24, 2.45) is 28.6 Å². The summed E-state index contributed by atoms with van der Waals surface area (Å²) >= 11 is 0. The molecule has 4 aliphatic rings. The van der Waals surface area contributed by atoms with Crippen LogP contribution in [0.4, 0.5) is 0 Å². The van der Waals surface area contributed by atoms with Gasteiger partial charge in [0.15, 0.2) is 0 Å². The number of imide groups is 1. The average molecular weight is 373 g/mol. The van der Waals surface area contributed by atoms with Gasteiger partial charge in [-0.2, -0.15) is 0 Å². The molecule has 1 saturated carbocycles. The number of esters is 1.